The molecule has 7 nitrogen and oxygen atoms in total. The van der Waals surface area contributed by atoms with Crippen LogP contribution in [0.4, 0.5) is 4.79 Å². The molecule has 0 saturated carbocycles. The van der Waals surface area contributed by atoms with Crippen molar-refractivity contribution in [2.24, 2.45) is 5.73 Å². The number of amides is 2. The van der Waals surface area contributed by atoms with E-state index in [9.17, 15) is 4.79 Å². The second-order valence-corrected chi connectivity index (χ2v) is 3.46. The number of primary amides is 1. The summed E-state index contributed by atoms with van der Waals surface area (Å²) in [6, 6.07) is 1.20. The van der Waals surface area contributed by atoms with Gasteiger partial charge in [-0.2, -0.15) is 0 Å². The molecule has 2 amide bonds. The number of methoxy groups -OCH3 is 2. The van der Waals surface area contributed by atoms with Gasteiger partial charge in [0.05, 0.1) is 19.9 Å². The standard InChI is InChI=1S/C11H18N4O3/c1-17-9-3-4-14-8(10(9)18-2)7-13-5-6-15-11(12)16/h3-4,13H,5-7H2,1-2H3,(H3,12,15,16). The van der Waals surface area contributed by atoms with E-state index in [1.807, 2.05) is 0 Å². The Balaban J connectivity index is 2.49. The third kappa shape index (κ3) is 4.10. The number of carbonyl (C=O) groups excluding carboxylic acids is 1. The van der Waals surface area contributed by atoms with Gasteiger partial charge in [-0.3, -0.25) is 4.98 Å². The summed E-state index contributed by atoms with van der Waals surface area (Å²) in [6.07, 6.45) is 1.65. The van der Waals surface area contributed by atoms with Gasteiger partial charge in [-0.1, -0.05) is 0 Å². The van der Waals surface area contributed by atoms with Crippen molar-refractivity contribution in [3.63, 3.8) is 0 Å². The molecule has 0 aliphatic heterocycles. The fourth-order valence-corrected chi connectivity index (χ4v) is 1.46. The van der Waals surface area contributed by atoms with E-state index in [0.717, 1.165) is 5.69 Å². The van der Waals surface area contributed by atoms with Gasteiger partial charge in [0, 0.05) is 31.9 Å². The summed E-state index contributed by atoms with van der Waals surface area (Å²) in [7, 11) is 3.14. The molecule has 100 valence electrons. The highest BCUT2D eigenvalue weighted by Crippen LogP contribution is 2.28. The van der Waals surface area contributed by atoms with Gasteiger partial charge in [0.15, 0.2) is 11.5 Å². The lowest BCUT2D eigenvalue weighted by atomic mass is 10.3. The van der Waals surface area contributed by atoms with E-state index in [-0.39, 0.29) is 0 Å². The Labute approximate surface area is 106 Å². The Morgan fingerprint density at radius 3 is 2.78 bits per heavy atom. The zero-order valence-corrected chi connectivity index (χ0v) is 10.5. The second-order valence-electron chi connectivity index (χ2n) is 3.46. The van der Waals surface area contributed by atoms with Gasteiger partial charge in [0.25, 0.3) is 0 Å². The average Bonchev–Trinajstić information content (AvgIpc) is 2.37. The molecule has 1 heterocycles. The van der Waals surface area contributed by atoms with Crippen LogP contribution in [0.1, 0.15) is 5.69 Å². The van der Waals surface area contributed by atoms with Gasteiger partial charge >= 0.3 is 6.03 Å². The smallest absolute Gasteiger partial charge is 0.312 e. The fourth-order valence-electron chi connectivity index (χ4n) is 1.46. The lowest BCUT2D eigenvalue weighted by molar-refractivity contribution is 0.249. The normalized spacial score (nSPS) is 9.89. The first-order valence-corrected chi connectivity index (χ1v) is 5.49. The van der Waals surface area contributed by atoms with Crippen molar-refractivity contribution in [2.75, 3.05) is 27.3 Å². The number of hydrogen-bond donors (Lipinski definition) is 3. The van der Waals surface area contributed by atoms with E-state index in [1.54, 1.807) is 26.5 Å². The van der Waals surface area contributed by atoms with Crippen molar-refractivity contribution in [3.8, 4) is 11.5 Å². The highest BCUT2D eigenvalue weighted by molar-refractivity contribution is 5.71. The lowest BCUT2D eigenvalue weighted by Gasteiger charge is -2.12. The number of ether oxygens (including phenoxy) is 2. The van der Waals surface area contributed by atoms with Gasteiger partial charge in [-0.15, -0.1) is 0 Å². The second kappa shape index (κ2) is 7.33. The molecule has 0 aliphatic carbocycles. The minimum absolute atomic E-state index is 0.460. The third-order valence-electron chi connectivity index (χ3n) is 2.26. The summed E-state index contributed by atoms with van der Waals surface area (Å²) >= 11 is 0. The summed E-state index contributed by atoms with van der Waals surface area (Å²) in [4.78, 5) is 14.7. The number of rotatable bonds is 7. The van der Waals surface area contributed by atoms with Gasteiger partial charge in [0.1, 0.15) is 0 Å². The molecule has 0 atom stereocenters. The van der Waals surface area contributed by atoms with Crippen LogP contribution in [-0.4, -0.2) is 38.3 Å². The van der Waals surface area contributed by atoms with Gasteiger partial charge in [-0.25, -0.2) is 4.79 Å². The van der Waals surface area contributed by atoms with Crippen LogP contribution in [-0.2, 0) is 6.54 Å². The maximum Gasteiger partial charge on any atom is 0.312 e. The number of carbonyl (C=O) groups is 1. The largest absolute Gasteiger partial charge is 0.493 e. The average molecular weight is 254 g/mol. The monoisotopic (exact) mass is 254 g/mol. The summed E-state index contributed by atoms with van der Waals surface area (Å²) in [5.41, 5.74) is 5.69. The quantitative estimate of drug-likeness (QED) is 0.588. The maximum atomic E-state index is 10.5. The predicted octanol–water partition coefficient (Wildman–Crippen LogP) is -0.143. The summed E-state index contributed by atoms with van der Waals surface area (Å²) in [6.45, 7) is 1.56. The van der Waals surface area contributed by atoms with Crippen LogP contribution in [0.5, 0.6) is 11.5 Å². The van der Waals surface area contributed by atoms with Gasteiger partial charge in [-0.05, 0) is 0 Å². The molecule has 0 aromatic carbocycles. The topological polar surface area (TPSA) is 98.5 Å². The van der Waals surface area contributed by atoms with E-state index in [2.05, 4.69) is 15.6 Å². The molecule has 18 heavy (non-hydrogen) atoms. The molecule has 4 N–H and O–H groups in total. The number of hydrogen-bond acceptors (Lipinski definition) is 5. The fraction of sp³-hybridized carbons (Fsp3) is 0.455. The number of pyridine rings is 1. The van der Waals surface area contributed by atoms with E-state index in [1.165, 1.54) is 0 Å². The molecule has 0 saturated heterocycles. The highest BCUT2D eigenvalue weighted by atomic mass is 16.5. The minimum atomic E-state index is -0.533. The number of urea groups is 1. The van der Waals surface area contributed by atoms with E-state index < -0.39 is 6.03 Å². The zero-order valence-electron chi connectivity index (χ0n) is 10.5. The summed E-state index contributed by atoms with van der Waals surface area (Å²) < 4.78 is 10.4. The molecule has 0 fully saturated rings. The van der Waals surface area contributed by atoms with Crippen LogP contribution in [0, 0.1) is 0 Å². The highest BCUT2D eigenvalue weighted by Gasteiger charge is 2.10. The Hall–Kier alpha value is -2.02. The van der Waals surface area contributed by atoms with Gasteiger partial charge < -0.3 is 25.8 Å². The van der Waals surface area contributed by atoms with E-state index in [0.29, 0.717) is 31.1 Å². The maximum absolute atomic E-state index is 10.5. The first kappa shape index (κ1) is 14.0. The Kier molecular flexibility index (Phi) is 5.72. The number of aromatic nitrogens is 1. The van der Waals surface area contributed by atoms with Crippen LogP contribution >= 0.6 is 0 Å². The van der Waals surface area contributed by atoms with Crippen molar-refractivity contribution in [1.82, 2.24) is 15.6 Å². The van der Waals surface area contributed by atoms with Crippen LogP contribution in [0.3, 0.4) is 0 Å². The molecule has 1 aromatic rings. The van der Waals surface area contributed by atoms with Crippen LogP contribution < -0.4 is 25.8 Å². The van der Waals surface area contributed by atoms with E-state index in [4.69, 9.17) is 15.2 Å². The number of nitrogens with zero attached hydrogens (tertiary/aromatic N) is 1. The SMILES string of the molecule is COc1ccnc(CNCCNC(N)=O)c1OC. The molecule has 0 unspecified atom stereocenters. The van der Waals surface area contributed by atoms with Crippen molar-refractivity contribution in [1.29, 1.82) is 0 Å². The Morgan fingerprint density at radius 2 is 2.17 bits per heavy atom. The Bertz CT molecular complexity index is 398. The molecule has 0 aliphatic rings. The lowest BCUT2D eigenvalue weighted by Crippen LogP contribution is -2.35. The van der Waals surface area contributed by atoms with Crippen LogP contribution in [0.2, 0.25) is 0 Å². The summed E-state index contributed by atoms with van der Waals surface area (Å²) in [5.74, 6) is 1.25. The molecule has 0 radical (unpaired) electrons. The number of nitrogens with two attached hydrogens (primary N) is 1. The molecule has 7 heteroatoms. The van der Waals surface area contributed by atoms with Crippen molar-refractivity contribution in [3.05, 3.63) is 18.0 Å². The summed E-state index contributed by atoms with van der Waals surface area (Å²) in [5, 5.41) is 5.60. The molecule has 0 bridgehead atoms. The molecular formula is C11H18N4O3. The molecular weight excluding hydrogens is 236 g/mol. The zero-order chi connectivity index (χ0) is 13.4. The van der Waals surface area contributed by atoms with Crippen LogP contribution in [0.25, 0.3) is 0 Å². The van der Waals surface area contributed by atoms with Crippen LogP contribution in [0.15, 0.2) is 12.3 Å². The first-order valence-electron chi connectivity index (χ1n) is 5.49. The third-order valence-corrected chi connectivity index (χ3v) is 2.26. The predicted molar refractivity (Wildman–Crippen MR) is 66.6 cm³/mol. The molecule has 1 aromatic heterocycles. The minimum Gasteiger partial charge on any atom is -0.493 e. The Morgan fingerprint density at radius 1 is 1.39 bits per heavy atom. The first-order chi connectivity index (χ1) is 8.69. The van der Waals surface area contributed by atoms with Crippen molar-refractivity contribution < 1.29 is 14.3 Å². The van der Waals surface area contributed by atoms with E-state index >= 15 is 0 Å². The van der Waals surface area contributed by atoms with Crippen molar-refractivity contribution >= 4 is 6.03 Å². The molecule has 1 rings (SSSR count). The molecule has 0 spiro atoms. The van der Waals surface area contributed by atoms with Gasteiger partial charge in [0.2, 0.25) is 0 Å². The number of nitrogens with one attached hydrogen (secondary N) is 2. The van der Waals surface area contributed by atoms with Crippen molar-refractivity contribution in [2.45, 2.75) is 6.54 Å².